The highest BCUT2D eigenvalue weighted by molar-refractivity contribution is 8.41. The van der Waals surface area contributed by atoms with Crippen LogP contribution in [0.5, 0.6) is 0 Å². The number of thioether (sulfide) groups is 10. The molecule has 0 aromatic rings. The minimum Gasteiger partial charge on any atom is -0.616 e. The number of aliphatic hydroxyl groups is 2. The fourth-order valence-electron chi connectivity index (χ4n) is 1.93. The summed E-state index contributed by atoms with van der Waals surface area (Å²) in [7, 11) is 0. The second-order valence-electron chi connectivity index (χ2n) is 6.36. The van der Waals surface area contributed by atoms with E-state index < -0.39 is 22.4 Å². The van der Waals surface area contributed by atoms with Crippen molar-refractivity contribution in [2.24, 2.45) is 0 Å². The smallest absolute Gasteiger partial charge is 0.246 e. The van der Waals surface area contributed by atoms with Crippen LogP contribution >= 0.6 is 118 Å². The Kier molecular flexibility index (Phi) is 35.2. The van der Waals surface area contributed by atoms with Crippen molar-refractivity contribution in [3.63, 3.8) is 0 Å². The molecule has 0 aliphatic heterocycles. The monoisotopic (exact) mass is 744 g/mol. The van der Waals surface area contributed by atoms with E-state index in [1.54, 1.807) is 47.0 Å². The standard InChI is InChI=1S/C19H36O6S12/c20-10-28-12-30-14-34-18(22)2-4-26-3-1-8-36(24)17-32-15-35-19(23)33-6-5-27-7-9-37(25)16-31-13-29-11-21/h20-21H,1-17H2. The van der Waals surface area contributed by atoms with E-state index in [4.69, 9.17) is 10.2 Å². The molecule has 6 nitrogen and oxygen atoms in total. The molecule has 18 heteroatoms. The van der Waals surface area contributed by atoms with Gasteiger partial charge in [-0.25, -0.2) is 0 Å². The van der Waals surface area contributed by atoms with Crippen LogP contribution in [0.3, 0.4) is 0 Å². The topological polar surface area (TPSA) is 121 Å². The Morgan fingerprint density at radius 2 is 1.22 bits per heavy atom. The molecule has 2 N–H and O–H groups in total. The van der Waals surface area contributed by atoms with Crippen molar-refractivity contribution in [3.05, 3.63) is 0 Å². The fraction of sp³-hybridized carbons (Fsp3) is 0.895. The van der Waals surface area contributed by atoms with E-state index >= 15 is 0 Å². The molecule has 0 fully saturated rings. The highest BCUT2D eigenvalue weighted by Gasteiger charge is 2.10. The molecule has 0 aromatic carbocycles. The first kappa shape index (κ1) is 40.4. The van der Waals surface area contributed by atoms with Crippen molar-refractivity contribution in [1.82, 2.24) is 0 Å². The van der Waals surface area contributed by atoms with E-state index in [9.17, 15) is 18.7 Å². The number of carbonyl (C=O) groups is 2. The van der Waals surface area contributed by atoms with E-state index in [2.05, 4.69) is 0 Å². The van der Waals surface area contributed by atoms with Gasteiger partial charge in [0, 0.05) is 51.1 Å². The average Bonchev–Trinajstić information content (AvgIpc) is 2.88. The zero-order chi connectivity index (χ0) is 27.4. The van der Waals surface area contributed by atoms with Gasteiger partial charge in [-0.3, -0.25) is 9.59 Å². The maximum atomic E-state index is 12.1. The molecule has 37 heavy (non-hydrogen) atoms. The van der Waals surface area contributed by atoms with Gasteiger partial charge < -0.3 is 19.3 Å². The van der Waals surface area contributed by atoms with Crippen LogP contribution < -0.4 is 0 Å². The summed E-state index contributed by atoms with van der Waals surface area (Å²) < 4.78 is 24.0. The Morgan fingerprint density at radius 1 is 0.595 bits per heavy atom. The van der Waals surface area contributed by atoms with Gasteiger partial charge in [0.15, 0.2) is 15.3 Å². The second-order valence-corrected chi connectivity index (χ2v) is 22.3. The molecule has 0 saturated heterocycles. The van der Waals surface area contributed by atoms with Gasteiger partial charge >= 0.3 is 0 Å². The average molecular weight is 745 g/mol. The van der Waals surface area contributed by atoms with Crippen LogP contribution in [0.25, 0.3) is 0 Å². The molecule has 0 aliphatic carbocycles. The Labute approximate surface area is 271 Å². The maximum absolute atomic E-state index is 12.1. The molecule has 0 spiro atoms. The minimum absolute atomic E-state index is 0.0898. The number of aliphatic hydroxyl groups excluding tert-OH is 2. The van der Waals surface area contributed by atoms with Gasteiger partial charge in [-0.1, -0.05) is 58.8 Å². The molecule has 0 bridgehead atoms. The van der Waals surface area contributed by atoms with Gasteiger partial charge in [-0.15, -0.1) is 35.3 Å². The minimum atomic E-state index is -0.890. The molecular formula is C19H36O6S12. The van der Waals surface area contributed by atoms with Gasteiger partial charge in [0.05, 0.1) is 17.0 Å². The van der Waals surface area contributed by atoms with E-state index in [-0.39, 0.29) is 21.4 Å². The normalized spacial score (nSPS) is 13.1. The molecule has 2 atom stereocenters. The van der Waals surface area contributed by atoms with Crippen molar-refractivity contribution in [1.29, 1.82) is 0 Å². The van der Waals surface area contributed by atoms with Crippen LogP contribution in [0, 0.1) is 0 Å². The number of carbonyl (C=O) groups excluding carboxylic acids is 2. The van der Waals surface area contributed by atoms with Crippen molar-refractivity contribution >= 4 is 150 Å². The Morgan fingerprint density at radius 3 is 1.95 bits per heavy atom. The zero-order valence-corrected chi connectivity index (χ0v) is 30.2. The van der Waals surface area contributed by atoms with Gasteiger partial charge in [0.25, 0.3) is 0 Å². The number of hydrogen-bond donors (Lipinski definition) is 2. The van der Waals surface area contributed by atoms with Gasteiger partial charge in [0.2, 0.25) is 4.45 Å². The Balaban J connectivity index is 3.42. The molecule has 0 amide bonds. The molecule has 0 aromatic heterocycles. The third kappa shape index (κ3) is 32.1. The van der Waals surface area contributed by atoms with Crippen molar-refractivity contribution in [2.75, 3.05) is 82.7 Å². The highest BCUT2D eigenvalue weighted by Crippen LogP contribution is 2.24. The maximum Gasteiger partial charge on any atom is 0.246 e. The molecule has 220 valence electrons. The molecule has 0 saturated carbocycles. The first-order valence-electron chi connectivity index (χ1n) is 10.9. The zero-order valence-electron chi connectivity index (χ0n) is 20.4. The summed E-state index contributed by atoms with van der Waals surface area (Å²) in [5, 5.41) is 21.6. The molecule has 2 unspecified atom stereocenters. The predicted molar refractivity (Wildman–Crippen MR) is 189 cm³/mol. The van der Waals surface area contributed by atoms with Gasteiger partial charge in [-0.05, 0) is 28.1 Å². The first-order chi connectivity index (χ1) is 18.0. The van der Waals surface area contributed by atoms with Crippen LogP contribution in [0.15, 0.2) is 0 Å². The van der Waals surface area contributed by atoms with Gasteiger partial charge in [-0.2, -0.15) is 23.5 Å². The van der Waals surface area contributed by atoms with E-state index in [0.29, 0.717) is 33.2 Å². The Bertz CT molecular complexity index is 540. The lowest BCUT2D eigenvalue weighted by atomic mass is 10.5. The third-order valence-corrected chi connectivity index (χ3v) is 18.4. The molecule has 0 aliphatic rings. The predicted octanol–water partition coefficient (Wildman–Crippen LogP) is 5.89. The molecule has 0 heterocycles. The largest absolute Gasteiger partial charge is 0.616 e. The van der Waals surface area contributed by atoms with Crippen molar-refractivity contribution < 1.29 is 28.9 Å². The molecular weight excluding hydrogens is 709 g/mol. The summed E-state index contributed by atoms with van der Waals surface area (Å²) in [6, 6.07) is 0. The summed E-state index contributed by atoms with van der Waals surface area (Å²) in [6.45, 7) is 0. The van der Waals surface area contributed by atoms with Gasteiger partial charge in [0.1, 0.15) is 11.5 Å². The molecule has 0 radical (unpaired) electrons. The number of rotatable bonds is 27. The first-order valence-corrected chi connectivity index (χ1v) is 24.9. The number of hydrogen-bond acceptors (Lipinski definition) is 16. The molecule has 0 rings (SSSR count). The summed E-state index contributed by atoms with van der Waals surface area (Å²) in [4.78, 5) is 23.7. The van der Waals surface area contributed by atoms with Crippen LogP contribution in [0.1, 0.15) is 12.8 Å². The lowest BCUT2D eigenvalue weighted by Crippen LogP contribution is -2.11. The highest BCUT2D eigenvalue weighted by atomic mass is 32.3. The van der Waals surface area contributed by atoms with Crippen molar-refractivity contribution in [2.45, 2.75) is 12.8 Å². The summed E-state index contributed by atoms with van der Waals surface area (Å²) >= 11 is 13.2. The lowest BCUT2D eigenvalue weighted by Gasteiger charge is -2.10. The van der Waals surface area contributed by atoms with E-state index in [1.165, 1.54) is 70.6 Å². The van der Waals surface area contributed by atoms with Crippen LogP contribution in [-0.4, -0.2) is 112 Å². The van der Waals surface area contributed by atoms with E-state index in [1.807, 2.05) is 0 Å². The third-order valence-electron chi connectivity index (χ3n) is 3.52. The van der Waals surface area contributed by atoms with Crippen LogP contribution in [0.4, 0.5) is 4.79 Å². The summed E-state index contributed by atoms with van der Waals surface area (Å²) in [5.74, 6) is 5.64. The fourth-order valence-corrected chi connectivity index (χ4v) is 15.4. The quantitative estimate of drug-likeness (QED) is 0.0591. The van der Waals surface area contributed by atoms with E-state index in [0.717, 1.165) is 50.4 Å². The SMILES string of the molecule is O=C(CCSCCC[S+]([O-])CSCSC(=O)SCCSCC[S+]([O-])CSCSCO)SCSCSCO. The Hall–Kier alpha value is 3.38. The second kappa shape index (κ2) is 32.3. The summed E-state index contributed by atoms with van der Waals surface area (Å²) in [6.07, 6.45) is 1.42. The summed E-state index contributed by atoms with van der Waals surface area (Å²) in [5.41, 5.74) is 0. The van der Waals surface area contributed by atoms with Crippen molar-refractivity contribution in [3.8, 4) is 0 Å². The van der Waals surface area contributed by atoms with Crippen LogP contribution in [-0.2, 0) is 27.1 Å². The lowest BCUT2D eigenvalue weighted by molar-refractivity contribution is -0.110. The van der Waals surface area contributed by atoms with Crippen LogP contribution in [0.2, 0.25) is 0 Å².